The Hall–Kier alpha value is -0.910. The molecule has 1 aromatic rings. The van der Waals surface area contributed by atoms with Crippen molar-refractivity contribution in [1.82, 2.24) is 0 Å². The molecule has 0 radical (unpaired) electrons. The van der Waals surface area contributed by atoms with E-state index in [4.69, 9.17) is 21.1 Å². The Balaban J connectivity index is 2.74. The molecule has 1 N–H and O–H groups in total. The first-order valence-corrected chi connectivity index (χ1v) is 4.90. The normalized spacial score (nSPS) is 10.9. The summed E-state index contributed by atoms with van der Waals surface area (Å²) in [6, 6.07) is 1.78. The summed E-state index contributed by atoms with van der Waals surface area (Å²) < 4.78 is 35.8. The minimum Gasteiger partial charge on any atom is -0.376 e. The molecule has 0 saturated heterocycles. The molecule has 0 aliphatic heterocycles. The van der Waals surface area contributed by atoms with Gasteiger partial charge < -0.3 is 14.8 Å². The van der Waals surface area contributed by atoms with Gasteiger partial charge in [0.25, 0.3) is 0 Å². The topological polar surface area (TPSA) is 30.5 Å². The van der Waals surface area contributed by atoms with E-state index >= 15 is 0 Å². The van der Waals surface area contributed by atoms with Crippen LogP contribution in [-0.4, -0.2) is 27.1 Å². The Morgan fingerprint density at radius 3 is 2.44 bits per heavy atom. The van der Waals surface area contributed by atoms with E-state index in [1.54, 1.807) is 0 Å². The van der Waals surface area contributed by atoms with E-state index in [0.29, 0.717) is 0 Å². The Kier molecular flexibility index (Phi) is 4.92. The lowest BCUT2D eigenvalue weighted by Gasteiger charge is -2.16. The van der Waals surface area contributed by atoms with Crippen LogP contribution in [0, 0.1) is 11.6 Å². The maximum absolute atomic E-state index is 13.3. The minimum atomic E-state index is -0.754. The van der Waals surface area contributed by atoms with E-state index in [0.717, 1.165) is 12.1 Å². The van der Waals surface area contributed by atoms with Crippen LogP contribution in [0.3, 0.4) is 0 Å². The molecule has 16 heavy (non-hydrogen) atoms. The van der Waals surface area contributed by atoms with E-state index in [-0.39, 0.29) is 17.3 Å². The molecule has 3 nitrogen and oxygen atoms in total. The first kappa shape index (κ1) is 13.2. The first-order chi connectivity index (χ1) is 7.58. The van der Waals surface area contributed by atoms with Crippen molar-refractivity contribution < 1.29 is 18.3 Å². The average Bonchev–Trinajstić information content (AvgIpc) is 2.22. The van der Waals surface area contributed by atoms with Crippen molar-refractivity contribution in [2.75, 3.05) is 26.1 Å². The molecule has 1 aromatic carbocycles. The number of hydrogen-bond donors (Lipinski definition) is 1. The number of hydrogen-bond acceptors (Lipinski definition) is 3. The molecule has 0 spiro atoms. The van der Waals surface area contributed by atoms with Gasteiger partial charge in [-0.15, -0.1) is 0 Å². The zero-order valence-corrected chi connectivity index (χ0v) is 9.65. The second-order valence-corrected chi connectivity index (χ2v) is 3.43. The lowest BCUT2D eigenvalue weighted by Crippen LogP contribution is -2.24. The Morgan fingerprint density at radius 2 is 1.94 bits per heavy atom. The van der Waals surface area contributed by atoms with Gasteiger partial charge in [-0.3, -0.25) is 0 Å². The third-order valence-corrected chi connectivity index (χ3v) is 2.28. The number of methoxy groups -OCH3 is 2. The molecule has 0 saturated carbocycles. The lowest BCUT2D eigenvalue weighted by atomic mass is 10.3. The molecule has 0 aliphatic carbocycles. The number of halogens is 3. The third kappa shape index (κ3) is 3.30. The van der Waals surface area contributed by atoms with E-state index < -0.39 is 17.9 Å². The fraction of sp³-hybridized carbons (Fsp3) is 0.400. The van der Waals surface area contributed by atoms with Crippen LogP contribution in [0.2, 0.25) is 5.02 Å². The SMILES string of the molecule is COC(CNc1c(F)cc(F)cc1Cl)OC. The van der Waals surface area contributed by atoms with Crippen LogP contribution < -0.4 is 5.32 Å². The molecule has 0 aliphatic rings. The van der Waals surface area contributed by atoms with Crippen molar-refractivity contribution in [3.8, 4) is 0 Å². The molecular formula is C10H12ClF2NO2. The maximum atomic E-state index is 13.3. The molecule has 0 amide bonds. The fourth-order valence-corrected chi connectivity index (χ4v) is 1.42. The van der Waals surface area contributed by atoms with Gasteiger partial charge in [0.2, 0.25) is 0 Å². The summed E-state index contributed by atoms with van der Waals surface area (Å²) >= 11 is 5.68. The van der Waals surface area contributed by atoms with Crippen LogP contribution in [0.4, 0.5) is 14.5 Å². The average molecular weight is 252 g/mol. The molecule has 0 fully saturated rings. The van der Waals surface area contributed by atoms with E-state index in [1.807, 2.05) is 0 Å². The number of nitrogens with one attached hydrogen (secondary N) is 1. The second kappa shape index (κ2) is 5.98. The third-order valence-electron chi connectivity index (χ3n) is 1.98. The Bertz CT molecular complexity index is 336. The number of anilines is 1. The molecule has 0 bridgehead atoms. The van der Waals surface area contributed by atoms with Crippen LogP contribution in [0.5, 0.6) is 0 Å². The highest BCUT2D eigenvalue weighted by atomic mass is 35.5. The summed E-state index contributed by atoms with van der Waals surface area (Å²) in [5.41, 5.74) is 0.0298. The van der Waals surface area contributed by atoms with Crippen LogP contribution in [-0.2, 0) is 9.47 Å². The van der Waals surface area contributed by atoms with Crippen molar-refractivity contribution in [2.24, 2.45) is 0 Å². The van der Waals surface area contributed by atoms with Gasteiger partial charge in [0, 0.05) is 20.3 Å². The van der Waals surface area contributed by atoms with Crippen molar-refractivity contribution in [3.63, 3.8) is 0 Å². The maximum Gasteiger partial charge on any atom is 0.173 e. The smallest absolute Gasteiger partial charge is 0.173 e. The second-order valence-electron chi connectivity index (χ2n) is 3.03. The summed E-state index contributed by atoms with van der Waals surface area (Å²) in [6.07, 6.45) is -0.527. The molecule has 90 valence electrons. The van der Waals surface area contributed by atoms with E-state index in [2.05, 4.69) is 5.32 Å². The quantitative estimate of drug-likeness (QED) is 0.816. The molecule has 0 aromatic heterocycles. The largest absolute Gasteiger partial charge is 0.376 e. The molecular weight excluding hydrogens is 240 g/mol. The van der Waals surface area contributed by atoms with Gasteiger partial charge in [-0.2, -0.15) is 0 Å². The monoisotopic (exact) mass is 251 g/mol. The summed E-state index contributed by atoms with van der Waals surface area (Å²) in [4.78, 5) is 0. The van der Waals surface area contributed by atoms with Crippen LogP contribution in [0.15, 0.2) is 12.1 Å². The van der Waals surface area contributed by atoms with Gasteiger partial charge in [-0.1, -0.05) is 11.6 Å². The van der Waals surface area contributed by atoms with Gasteiger partial charge in [-0.25, -0.2) is 8.78 Å². The molecule has 0 unspecified atom stereocenters. The molecule has 0 atom stereocenters. The van der Waals surface area contributed by atoms with E-state index in [9.17, 15) is 8.78 Å². The summed E-state index contributed by atoms with van der Waals surface area (Å²) in [6.45, 7) is 0.204. The number of benzene rings is 1. The van der Waals surface area contributed by atoms with E-state index in [1.165, 1.54) is 14.2 Å². The number of rotatable bonds is 5. The lowest BCUT2D eigenvalue weighted by molar-refractivity contribution is -0.0914. The van der Waals surface area contributed by atoms with Crippen LogP contribution >= 0.6 is 11.6 Å². The molecule has 1 rings (SSSR count). The van der Waals surface area contributed by atoms with Crippen LogP contribution in [0.1, 0.15) is 0 Å². The summed E-state index contributed by atoms with van der Waals surface area (Å²) in [7, 11) is 2.91. The minimum absolute atomic E-state index is 0.0246. The predicted molar refractivity (Wildman–Crippen MR) is 57.7 cm³/mol. The van der Waals surface area contributed by atoms with Gasteiger partial charge in [0.05, 0.1) is 17.3 Å². The first-order valence-electron chi connectivity index (χ1n) is 4.52. The zero-order valence-electron chi connectivity index (χ0n) is 8.89. The van der Waals surface area contributed by atoms with Gasteiger partial charge in [-0.05, 0) is 6.07 Å². The summed E-state index contributed by atoms with van der Waals surface area (Å²) in [5, 5.41) is 2.66. The van der Waals surface area contributed by atoms with Gasteiger partial charge >= 0.3 is 0 Å². The van der Waals surface area contributed by atoms with Crippen molar-refractivity contribution in [2.45, 2.75) is 6.29 Å². The fourth-order valence-electron chi connectivity index (χ4n) is 1.16. The molecule has 0 heterocycles. The highest BCUT2D eigenvalue weighted by Gasteiger charge is 2.12. The predicted octanol–water partition coefficient (Wildman–Crippen LogP) is 2.65. The molecule has 6 heteroatoms. The van der Waals surface area contributed by atoms with Crippen molar-refractivity contribution in [3.05, 3.63) is 28.8 Å². The standard InChI is InChI=1S/C10H12ClF2NO2/c1-15-9(16-2)5-14-10-7(11)3-6(12)4-8(10)13/h3-4,9,14H,5H2,1-2H3. The number of ether oxygens (including phenoxy) is 2. The van der Waals surface area contributed by atoms with Gasteiger partial charge in [0.1, 0.15) is 5.82 Å². The summed E-state index contributed by atoms with van der Waals surface area (Å²) in [5.74, 6) is -1.47. The van der Waals surface area contributed by atoms with Gasteiger partial charge in [0.15, 0.2) is 12.1 Å². The van der Waals surface area contributed by atoms with Crippen molar-refractivity contribution in [1.29, 1.82) is 0 Å². The Morgan fingerprint density at radius 1 is 1.31 bits per heavy atom. The highest BCUT2D eigenvalue weighted by molar-refractivity contribution is 6.33. The Labute approximate surface area is 97.3 Å². The van der Waals surface area contributed by atoms with Crippen molar-refractivity contribution >= 4 is 17.3 Å². The zero-order chi connectivity index (χ0) is 12.1. The highest BCUT2D eigenvalue weighted by Crippen LogP contribution is 2.26. The van der Waals surface area contributed by atoms with Crippen LogP contribution in [0.25, 0.3) is 0 Å².